The summed E-state index contributed by atoms with van der Waals surface area (Å²) in [6.45, 7) is 4.23. The molecule has 3 rings (SSSR count). The number of nitrogens with zero attached hydrogens (tertiary/aromatic N) is 2. The average molecular weight is 339 g/mol. The molecule has 0 atom stereocenters. The van der Waals surface area contributed by atoms with Gasteiger partial charge in [0.2, 0.25) is 0 Å². The number of carboxylic acids is 1. The van der Waals surface area contributed by atoms with Crippen molar-refractivity contribution in [1.29, 1.82) is 0 Å². The first kappa shape index (κ1) is 13.9. The Kier molecular flexibility index (Phi) is 3.73. The van der Waals surface area contributed by atoms with Crippen LogP contribution in [0.2, 0.25) is 0 Å². The molecule has 108 valence electrons. The summed E-state index contributed by atoms with van der Waals surface area (Å²) in [5.41, 5.74) is 1.65. The Morgan fingerprint density at radius 3 is 2.60 bits per heavy atom. The molecule has 0 saturated carbocycles. The van der Waals surface area contributed by atoms with Crippen LogP contribution in [-0.2, 0) is 4.79 Å². The van der Waals surface area contributed by atoms with Crippen LogP contribution in [-0.4, -0.2) is 48.7 Å². The van der Waals surface area contributed by atoms with Crippen molar-refractivity contribution in [3.05, 3.63) is 28.7 Å². The zero-order valence-electron chi connectivity index (χ0n) is 11.4. The van der Waals surface area contributed by atoms with Gasteiger partial charge in [-0.3, -0.25) is 9.69 Å². The van der Waals surface area contributed by atoms with E-state index in [4.69, 9.17) is 5.11 Å². The predicted octanol–water partition coefficient (Wildman–Crippen LogP) is 2.44. The molecule has 2 aliphatic heterocycles. The minimum Gasteiger partial charge on any atom is -0.480 e. The van der Waals surface area contributed by atoms with Crippen LogP contribution in [0.5, 0.6) is 0 Å². The maximum Gasteiger partial charge on any atom is 0.317 e. The highest BCUT2D eigenvalue weighted by Gasteiger charge is 2.45. The number of carboxylic acid groups (broad SMARTS) is 1. The summed E-state index contributed by atoms with van der Waals surface area (Å²) < 4.78 is 1.12. The summed E-state index contributed by atoms with van der Waals surface area (Å²) in [5.74, 6) is -0.716. The van der Waals surface area contributed by atoms with Gasteiger partial charge in [0.25, 0.3) is 0 Å². The lowest BCUT2D eigenvalue weighted by Crippen LogP contribution is -2.61. The highest BCUT2D eigenvalue weighted by molar-refractivity contribution is 9.10. The fourth-order valence-electron chi connectivity index (χ4n) is 3.43. The third-order valence-corrected chi connectivity index (χ3v) is 4.97. The van der Waals surface area contributed by atoms with Crippen molar-refractivity contribution in [2.75, 3.05) is 37.6 Å². The SMILES string of the molecule is O=C(O)CN1CC2(CCN(c3cccc(Br)c3)CC2)C1. The van der Waals surface area contributed by atoms with E-state index in [1.807, 2.05) is 11.0 Å². The van der Waals surface area contributed by atoms with Gasteiger partial charge >= 0.3 is 5.97 Å². The normalized spacial score (nSPS) is 21.8. The van der Waals surface area contributed by atoms with Crippen LogP contribution in [0.3, 0.4) is 0 Å². The molecule has 2 fully saturated rings. The zero-order chi connectivity index (χ0) is 14.2. The van der Waals surface area contributed by atoms with E-state index in [1.54, 1.807) is 0 Å². The lowest BCUT2D eigenvalue weighted by atomic mass is 9.72. The number of halogens is 1. The van der Waals surface area contributed by atoms with Crippen LogP contribution >= 0.6 is 15.9 Å². The molecule has 0 bridgehead atoms. The van der Waals surface area contributed by atoms with Gasteiger partial charge in [0.15, 0.2) is 0 Å². The number of hydrogen-bond donors (Lipinski definition) is 1. The lowest BCUT2D eigenvalue weighted by Gasteiger charge is -2.54. The minimum absolute atomic E-state index is 0.192. The molecule has 0 unspecified atom stereocenters. The number of likely N-dealkylation sites (tertiary alicyclic amines) is 1. The number of aliphatic carboxylic acids is 1. The van der Waals surface area contributed by atoms with Crippen LogP contribution in [0.1, 0.15) is 12.8 Å². The quantitative estimate of drug-likeness (QED) is 0.919. The van der Waals surface area contributed by atoms with Crippen LogP contribution < -0.4 is 4.90 Å². The predicted molar refractivity (Wildman–Crippen MR) is 82.1 cm³/mol. The fraction of sp³-hybridized carbons (Fsp3) is 0.533. The van der Waals surface area contributed by atoms with Crippen LogP contribution in [0, 0.1) is 5.41 Å². The second kappa shape index (κ2) is 5.37. The Labute approximate surface area is 127 Å². The van der Waals surface area contributed by atoms with Crippen molar-refractivity contribution < 1.29 is 9.90 Å². The Morgan fingerprint density at radius 2 is 2.00 bits per heavy atom. The van der Waals surface area contributed by atoms with E-state index < -0.39 is 5.97 Å². The monoisotopic (exact) mass is 338 g/mol. The number of benzene rings is 1. The standard InChI is InChI=1S/C15H19BrN2O2/c16-12-2-1-3-13(8-12)18-6-4-15(5-7-18)10-17(11-15)9-14(19)20/h1-3,8H,4-7,9-11H2,(H,19,20). The highest BCUT2D eigenvalue weighted by atomic mass is 79.9. The lowest BCUT2D eigenvalue weighted by molar-refractivity contribution is -0.142. The van der Waals surface area contributed by atoms with Crippen molar-refractivity contribution in [2.24, 2.45) is 5.41 Å². The molecular formula is C15H19BrN2O2. The van der Waals surface area contributed by atoms with E-state index >= 15 is 0 Å². The highest BCUT2D eigenvalue weighted by Crippen LogP contribution is 2.41. The third-order valence-electron chi connectivity index (χ3n) is 4.47. The molecule has 4 nitrogen and oxygen atoms in total. The number of anilines is 1. The van der Waals surface area contributed by atoms with E-state index in [0.29, 0.717) is 5.41 Å². The Balaban J connectivity index is 1.54. The number of piperidine rings is 1. The molecule has 2 aliphatic rings. The summed E-state index contributed by atoms with van der Waals surface area (Å²) in [6, 6.07) is 8.43. The second-order valence-corrected chi connectivity index (χ2v) is 6.92. The van der Waals surface area contributed by atoms with Gasteiger partial charge in [-0.15, -0.1) is 0 Å². The first-order valence-corrected chi connectivity index (χ1v) is 7.80. The minimum atomic E-state index is -0.716. The van der Waals surface area contributed by atoms with Crippen LogP contribution in [0.25, 0.3) is 0 Å². The van der Waals surface area contributed by atoms with Gasteiger partial charge in [0.1, 0.15) is 0 Å². The van der Waals surface area contributed by atoms with E-state index in [2.05, 4.69) is 39.0 Å². The van der Waals surface area contributed by atoms with E-state index in [1.165, 1.54) is 5.69 Å². The topological polar surface area (TPSA) is 43.8 Å². The number of carbonyl (C=O) groups is 1. The molecule has 0 radical (unpaired) electrons. The number of hydrogen-bond acceptors (Lipinski definition) is 3. The van der Waals surface area contributed by atoms with Gasteiger partial charge in [-0.1, -0.05) is 22.0 Å². The average Bonchev–Trinajstić information content (AvgIpc) is 2.37. The molecule has 1 aromatic carbocycles. The largest absolute Gasteiger partial charge is 0.480 e. The molecule has 2 saturated heterocycles. The number of rotatable bonds is 3. The van der Waals surface area contributed by atoms with Gasteiger partial charge in [-0.05, 0) is 36.5 Å². The molecule has 2 heterocycles. The van der Waals surface area contributed by atoms with E-state index in [0.717, 1.165) is 43.5 Å². The Bertz CT molecular complexity index is 504. The summed E-state index contributed by atoms with van der Waals surface area (Å²) in [5, 5.41) is 8.80. The molecule has 1 N–H and O–H groups in total. The molecule has 5 heteroatoms. The van der Waals surface area contributed by atoms with Gasteiger partial charge in [0, 0.05) is 36.3 Å². The van der Waals surface area contributed by atoms with Gasteiger partial charge in [0.05, 0.1) is 6.54 Å². The van der Waals surface area contributed by atoms with Crippen molar-refractivity contribution in [1.82, 2.24) is 4.90 Å². The summed E-state index contributed by atoms with van der Waals surface area (Å²) in [4.78, 5) is 15.2. The van der Waals surface area contributed by atoms with Crippen LogP contribution in [0.4, 0.5) is 5.69 Å². The van der Waals surface area contributed by atoms with Gasteiger partial charge < -0.3 is 10.0 Å². The molecule has 0 amide bonds. The first-order valence-electron chi connectivity index (χ1n) is 7.01. The molecule has 20 heavy (non-hydrogen) atoms. The van der Waals surface area contributed by atoms with Crippen molar-refractivity contribution in [3.8, 4) is 0 Å². The maximum atomic E-state index is 10.7. The summed E-state index contributed by atoms with van der Waals surface area (Å²) >= 11 is 3.52. The zero-order valence-corrected chi connectivity index (χ0v) is 13.0. The summed E-state index contributed by atoms with van der Waals surface area (Å²) in [7, 11) is 0. The Morgan fingerprint density at radius 1 is 1.30 bits per heavy atom. The van der Waals surface area contributed by atoms with Crippen LogP contribution in [0.15, 0.2) is 28.7 Å². The van der Waals surface area contributed by atoms with Gasteiger partial charge in [-0.2, -0.15) is 0 Å². The molecular weight excluding hydrogens is 320 g/mol. The van der Waals surface area contributed by atoms with Crippen molar-refractivity contribution in [3.63, 3.8) is 0 Å². The fourth-order valence-corrected chi connectivity index (χ4v) is 3.82. The van der Waals surface area contributed by atoms with Gasteiger partial charge in [-0.25, -0.2) is 0 Å². The maximum absolute atomic E-state index is 10.7. The van der Waals surface area contributed by atoms with E-state index in [9.17, 15) is 4.79 Å². The molecule has 1 spiro atoms. The van der Waals surface area contributed by atoms with E-state index in [-0.39, 0.29) is 6.54 Å². The second-order valence-electron chi connectivity index (χ2n) is 6.01. The van der Waals surface area contributed by atoms with Crippen molar-refractivity contribution >= 4 is 27.6 Å². The van der Waals surface area contributed by atoms with Crippen molar-refractivity contribution in [2.45, 2.75) is 12.8 Å². The third kappa shape index (κ3) is 2.83. The molecule has 0 aliphatic carbocycles. The molecule has 0 aromatic heterocycles. The summed E-state index contributed by atoms with van der Waals surface area (Å²) in [6.07, 6.45) is 2.32. The smallest absolute Gasteiger partial charge is 0.317 e. The first-order chi connectivity index (χ1) is 9.56. The Hall–Kier alpha value is -1.07. The molecule has 1 aromatic rings.